The van der Waals surface area contributed by atoms with Gasteiger partial charge >= 0.3 is 6.09 Å². The Balaban J connectivity index is 2.58. The molecule has 0 saturated carbocycles. The standard InChI is InChI=1S/C18H35N5O6S/c1-13-8-7-10-16(27-13)28-15(12-21-23-19)14(22-30(25)26)9-5-6-11-20-17(24)29-18(2,3)4/h13-16,22H,5-12H2,1-4H3,(H,20,24)(H,25,26)/p-1/t13?,14-,15?,16?/m0/s1. The van der Waals surface area contributed by atoms with E-state index in [1.807, 2.05) is 6.92 Å². The molecule has 0 aliphatic carbocycles. The number of nitrogens with zero attached hydrogens (tertiary/aromatic N) is 3. The summed E-state index contributed by atoms with van der Waals surface area (Å²) in [6.45, 7) is 7.69. The van der Waals surface area contributed by atoms with Gasteiger partial charge in [0.2, 0.25) is 0 Å². The van der Waals surface area contributed by atoms with Gasteiger partial charge in [-0.15, -0.1) is 0 Å². The Labute approximate surface area is 180 Å². The SMILES string of the molecule is CC1CCCC(OC(CN=[N+]=[N-])[C@H](CCCCNC(=O)OC(C)(C)C)NS(=O)[O-])O1. The molecule has 0 bridgehead atoms. The van der Waals surface area contributed by atoms with E-state index in [2.05, 4.69) is 20.1 Å². The average Bonchev–Trinajstić information content (AvgIpc) is 2.62. The zero-order chi connectivity index (χ0) is 22.6. The van der Waals surface area contributed by atoms with Crippen molar-refractivity contribution in [3.63, 3.8) is 0 Å². The average molecular weight is 449 g/mol. The summed E-state index contributed by atoms with van der Waals surface area (Å²) in [5, 5.41) is 6.24. The molecule has 11 nitrogen and oxygen atoms in total. The lowest BCUT2D eigenvalue weighted by molar-refractivity contribution is -0.213. The van der Waals surface area contributed by atoms with Crippen molar-refractivity contribution in [1.29, 1.82) is 0 Å². The maximum atomic E-state index is 11.7. The molecule has 1 heterocycles. The Morgan fingerprint density at radius 1 is 1.40 bits per heavy atom. The summed E-state index contributed by atoms with van der Waals surface area (Å²) in [6, 6.07) is -0.587. The number of amides is 1. The summed E-state index contributed by atoms with van der Waals surface area (Å²) >= 11 is -2.51. The van der Waals surface area contributed by atoms with Crippen molar-refractivity contribution in [2.45, 2.75) is 96.4 Å². The number of hydrogen-bond acceptors (Lipinski definition) is 7. The second kappa shape index (κ2) is 13.8. The summed E-state index contributed by atoms with van der Waals surface area (Å²) in [5.41, 5.74) is 8.11. The number of alkyl carbamates (subject to hydrolysis) is 1. The van der Waals surface area contributed by atoms with Crippen LogP contribution in [0.25, 0.3) is 10.4 Å². The Morgan fingerprint density at radius 2 is 2.13 bits per heavy atom. The van der Waals surface area contributed by atoms with Gasteiger partial charge in [0, 0.05) is 28.8 Å². The van der Waals surface area contributed by atoms with E-state index in [0.717, 1.165) is 12.8 Å². The molecular formula is C18H34N5O6S-. The highest BCUT2D eigenvalue weighted by Crippen LogP contribution is 2.22. The molecule has 1 fully saturated rings. The minimum absolute atomic E-state index is 0.0181. The van der Waals surface area contributed by atoms with Crippen LogP contribution in [0.3, 0.4) is 0 Å². The molecule has 0 radical (unpaired) electrons. The van der Waals surface area contributed by atoms with Crippen molar-refractivity contribution in [3.05, 3.63) is 10.4 Å². The second-order valence-corrected chi connectivity index (χ2v) is 8.98. The fraction of sp³-hybridized carbons (Fsp3) is 0.944. The number of azide groups is 1. The van der Waals surface area contributed by atoms with Crippen LogP contribution in [-0.4, -0.2) is 58.1 Å². The van der Waals surface area contributed by atoms with Gasteiger partial charge in [-0.25, -0.2) is 9.52 Å². The number of unbranched alkanes of at least 4 members (excludes halogenated alkanes) is 1. The first-order valence-corrected chi connectivity index (χ1v) is 11.3. The Hall–Kier alpha value is -1.43. The third-order valence-electron chi connectivity index (χ3n) is 4.39. The number of hydrogen-bond donors (Lipinski definition) is 2. The molecule has 0 aromatic heterocycles. The summed E-state index contributed by atoms with van der Waals surface area (Å²) in [4.78, 5) is 14.4. The van der Waals surface area contributed by atoms with Gasteiger partial charge in [-0.3, -0.25) is 4.21 Å². The van der Waals surface area contributed by atoms with E-state index in [1.54, 1.807) is 20.8 Å². The Bertz CT molecular complexity index is 596. The highest BCUT2D eigenvalue weighted by Gasteiger charge is 2.28. The third-order valence-corrected chi connectivity index (χ3v) is 4.89. The molecule has 1 amide bonds. The molecular weight excluding hydrogens is 414 g/mol. The maximum absolute atomic E-state index is 11.7. The van der Waals surface area contributed by atoms with E-state index < -0.39 is 41.4 Å². The largest absolute Gasteiger partial charge is 0.760 e. The van der Waals surface area contributed by atoms with Crippen LogP contribution in [0, 0.1) is 0 Å². The molecule has 2 N–H and O–H groups in total. The summed E-state index contributed by atoms with van der Waals surface area (Å²) in [6.07, 6.45) is 2.70. The molecule has 0 aromatic carbocycles. The van der Waals surface area contributed by atoms with Crippen LogP contribution in [-0.2, 0) is 25.5 Å². The van der Waals surface area contributed by atoms with Gasteiger partial charge in [-0.1, -0.05) is 11.5 Å². The van der Waals surface area contributed by atoms with Gasteiger partial charge < -0.3 is 24.1 Å². The van der Waals surface area contributed by atoms with Gasteiger partial charge in [0.05, 0.1) is 18.8 Å². The van der Waals surface area contributed by atoms with Gasteiger partial charge in [0.25, 0.3) is 0 Å². The smallest absolute Gasteiger partial charge is 0.407 e. The molecule has 0 spiro atoms. The zero-order valence-electron chi connectivity index (χ0n) is 18.2. The highest BCUT2D eigenvalue weighted by atomic mass is 32.2. The topological polar surface area (TPSA) is 158 Å². The fourth-order valence-corrected chi connectivity index (χ4v) is 3.60. The first-order chi connectivity index (χ1) is 14.1. The highest BCUT2D eigenvalue weighted by molar-refractivity contribution is 7.77. The molecule has 12 heteroatoms. The van der Waals surface area contributed by atoms with Crippen molar-refractivity contribution in [1.82, 2.24) is 10.0 Å². The van der Waals surface area contributed by atoms with Crippen molar-refractivity contribution in [2.24, 2.45) is 5.11 Å². The molecule has 4 unspecified atom stereocenters. The van der Waals surface area contributed by atoms with Crippen molar-refractivity contribution in [3.8, 4) is 0 Å². The van der Waals surface area contributed by atoms with E-state index in [4.69, 9.17) is 19.7 Å². The molecule has 174 valence electrons. The predicted molar refractivity (Wildman–Crippen MR) is 111 cm³/mol. The lowest BCUT2D eigenvalue weighted by Gasteiger charge is -2.34. The minimum atomic E-state index is -2.51. The van der Waals surface area contributed by atoms with Crippen molar-refractivity contribution >= 4 is 17.4 Å². The Kier molecular flexibility index (Phi) is 12.2. The lowest BCUT2D eigenvalue weighted by Crippen LogP contribution is -2.46. The third kappa shape index (κ3) is 12.3. The van der Waals surface area contributed by atoms with E-state index in [9.17, 15) is 13.6 Å². The first-order valence-electron chi connectivity index (χ1n) is 10.2. The van der Waals surface area contributed by atoms with E-state index in [-0.39, 0.29) is 12.6 Å². The number of carbonyl (C=O) groups is 1. The molecule has 1 saturated heterocycles. The maximum Gasteiger partial charge on any atom is 0.407 e. The fourth-order valence-electron chi connectivity index (χ4n) is 3.08. The summed E-state index contributed by atoms with van der Waals surface area (Å²) < 4.78 is 41.9. The van der Waals surface area contributed by atoms with Crippen LogP contribution < -0.4 is 10.0 Å². The minimum Gasteiger partial charge on any atom is -0.760 e. The quantitative estimate of drug-likeness (QED) is 0.153. The number of ether oxygens (including phenoxy) is 3. The molecule has 0 aromatic rings. The molecule has 1 aliphatic rings. The van der Waals surface area contributed by atoms with E-state index in [1.165, 1.54) is 0 Å². The van der Waals surface area contributed by atoms with Crippen LogP contribution in [0.5, 0.6) is 0 Å². The second-order valence-electron chi connectivity index (χ2n) is 8.28. The molecule has 1 aliphatic heterocycles. The monoisotopic (exact) mass is 448 g/mol. The molecule has 1 rings (SSSR count). The number of nitrogens with one attached hydrogen (secondary N) is 2. The van der Waals surface area contributed by atoms with Gasteiger partial charge in [0.1, 0.15) is 5.60 Å². The normalized spacial score (nSPS) is 22.4. The van der Waals surface area contributed by atoms with Gasteiger partial charge in [0.15, 0.2) is 6.29 Å². The van der Waals surface area contributed by atoms with Crippen LogP contribution in [0.1, 0.15) is 66.2 Å². The number of rotatable bonds is 12. The lowest BCUT2D eigenvalue weighted by atomic mass is 10.0. The molecule has 30 heavy (non-hydrogen) atoms. The van der Waals surface area contributed by atoms with Crippen LogP contribution in [0.2, 0.25) is 0 Å². The first kappa shape index (κ1) is 26.6. The predicted octanol–water partition coefficient (Wildman–Crippen LogP) is 3.04. The molecule has 5 atom stereocenters. The Morgan fingerprint density at radius 3 is 2.73 bits per heavy atom. The summed E-state index contributed by atoms with van der Waals surface area (Å²) in [5.74, 6) is 0. The van der Waals surface area contributed by atoms with Gasteiger partial charge in [-0.05, 0) is 65.3 Å². The van der Waals surface area contributed by atoms with Crippen LogP contribution in [0.15, 0.2) is 5.11 Å². The summed E-state index contributed by atoms with van der Waals surface area (Å²) in [7, 11) is 0. The van der Waals surface area contributed by atoms with Crippen LogP contribution in [0.4, 0.5) is 4.79 Å². The number of carbonyl (C=O) groups excluding carboxylic acids is 1. The van der Waals surface area contributed by atoms with Crippen molar-refractivity contribution in [2.75, 3.05) is 13.1 Å². The van der Waals surface area contributed by atoms with E-state index in [0.29, 0.717) is 32.2 Å². The van der Waals surface area contributed by atoms with Crippen LogP contribution >= 0.6 is 0 Å². The van der Waals surface area contributed by atoms with Crippen molar-refractivity contribution < 1.29 is 27.8 Å². The van der Waals surface area contributed by atoms with E-state index >= 15 is 0 Å². The van der Waals surface area contributed by atoms with Gasteiger partial charge in [-0.2, -0.15) is 0 Å². The zero-order valence-corrected chi connectivity index (χ0v) is 19.0.